The minimum atomic E-state index is -0.288. The molecule has 0 amide bonds. The van der Waals surface area contributed by atoms with Crippen LogP contribution in [0.25, 0.3) is 0 Å². The van der Waals surface area contributed by atoms with Crippen LogP contribution in [-0.4, -0.2) is 10.1 Å². The highest BCUT2D eigenvalue weighted by Gasteiger charge is 1.95. The fraction of sp³-hybridized carbons (Fsp3) is 0.200. The van der Waals surface area contributed by atoms with Crippen molar-refractivity contribution in [3.05, 3.63) is 18.9 Å². The predicted molar refractivity (Wildman–Crippen MR) is 27.2 cm³/mol. The van der Waals surface area contributed by atoms with Crippen molar-refractivity contribution >= 4 is 0 Å². The summed E-state index contributed by atoms with van der Waals surface area (Å²) in [5, 5.41) is 8.48. The topological polar surface area (TPSA) is 46.3 Å². The van der Waals surface area contributed by atoms with E-state index in [1.165, 1.54) is 6.20 Å². The Bertz CT molecular complexity index is 171. The van der Waals surface area contributed by atoms with Crippen LogP contribution in [0.5, 0.6) is 6.08 Å². The molecule has 0 spiro atoms. The molecule has 43 valence electrons. The van der Waals surface area contributed by atoms with Crippen LogP contribution in [0.2, 0.25) is 0 Å². The third-order valence-electron chi connectivity index (χ3n) is 0.788. The second kappa shape index (κ2) is 1.86. The molecule has 0 aliphatic carbocycles. The lowest BCUT2D eigenvalue weighted by molar-refractivity contribution is 0.306. The van der Waals surface area contributed by atoms with Crippen molar-refractivity contribution in [2.24, 2.45) is 0 Å². The zero-order chi connectivity index (χ0) is 5.98. The molecule has 1 aromatic rings. The van der Waals surface area contributed by atoms with Gasteiger partial charge < -0.3 is 9.52 Å². The average Bonchev–Trinajstić information content (AvgIpc) is 2.14. The third-order valence-corrected chi connectivity index (χ3v) is 0.788. The van der Waals surface area contributed by atoms with E-state index in [9.17, 15) is 0 Å². The molecule has 1 aromatic heterocycles. The molecule has 8 heavy (non-hydrogen) atoms. The molecule has 0 saturated heterocycles. The van der Waals surface area contributed by atoms with Crippen LogP contribution in [-0.2, 0) is 6.42 Å². The zero-order valence-corrected chi connectivity index (χ0v) is 4.29. The highest BCUT2D eigenvalue weighted by atomic mass is 16.5. The highest BCUT2D eigenvalue weighted by Crippen LogP contribution is 2.07. The van der Waals surface area contributed by atoms with Crippen LogP contribution in [0, 0.1) is 6.92 Å². The standard InChI is InChI=1S/C5H6NO2/c1-2-4-3-6-5(7)8-4/h3H,1-2H2,(H,6,7). The van der Waals surface area contributed by atoms with Crippen LogP contribution in [0.3, 0.4) is 0 Å². The van der Waals surface area contributed by atoms with Crippen LogP contribution < -0.4 is 0 Å². The molecule has 0 atom stereocenters. The number of aromatic nitrogens is 1. The minimum absolute atomic E-state index is 0.288. The number of oxazole rings is 1. The second-order valence-electron chi connectivity index (χ2n) is 1.36. The Balaban J connectivity index is 2.84. The van der Waals surface area contributed by atoms with Crippen LogP contribution in [0.4, 0.5) is 0 Å². The molecule has 0 fully saturated rings. The Morgan fingerprint density at radius 2 is 2.62 bits per heavy atom. The molecule has 0 aliphatic rings. The monoisotopic (exact) mass is 112 g/mol. The van der Waals surface area contributed by atoms with Gasteiger partial charge in [0.15, 0.2) is 0 Å². The largest absolute Gasteiger partial charge is 0.466 e. The summed E-state index contributed by atoms with van der Waals surface area (Å²) in [5.41, 5.74) is 0. The maximum atomic E-state index is 8.48. The molecular weight excluding hydrogens is 106 g/mol. The molecular formula is C5H6NO2. The van der Waals surface area contributed by atoms with Gasteiger partial charge >= 0.3 is 6.08 Å². The number of rotatable bonds is 1. The Morgan fingerprint density at radius 1 is 1.88 bits per heavy atom. The van der Waals surface area contributed by atoms with Gasteiger partial charge in [0.2, 0.25) is 0 Å². The summed E-state index contributed by atoms with van der Waals surface area (Å²) in [6.07, 6.45) is 1.68. The van der Waals surface area contributed by atoms with Crippen LogP contribution >= 0.6 is 0 Å². The number of hydrogen-bond donors (Lipinski definition) is 1. The maximum Gasteiger partial charge on any atom is 0.391 e. The summed E-state index contributed by atoms with van der Waals surface area (Å²) in [6, 6.07) is 0. The number of hydrogen-bond acceptors (Lipinski definition) is 3. The SMILES string of the molecule is [CH2]Cc1cnc(O)o1. The van der Waals surface area contributed by atoms with Gasteiger partial charge in [0.05, 0.1) is 6.20 Å². The summed E-state index contributed by atoms with van der Waals surface area (Å²) < 4.78 is 4.61. The predicted octanol–water partition coefficient (Wildman–Crippen LogP) is 0.757. The molecule has 0 saturated carbocycles. The maximum absolute atomic E-state index is 8.48. The van der Waals surface area contributed by atoms with Gasteiger partial charge in [-0.3, -0.25) is 0 Å². The molecule has 0 bridgehead atoms. The first kappa shape index (κ1) is 5.15. The Hall–Kier alpha value is -0.990. The number of nitrogens with zero attached hydrogens (tertiary/aromatic N) is 1. The van der Waals surface area contributed by atoms with E-state index in [4.69, 9.17) is 5.11 Å². The van der Waals surface area contributed by atoms with E-state index in [1.54, 1.807) is 0 Å². The first-order valence-corrected chi connectivity index (χ1v) is 2.26. The molecule has 3 nitrogen and oxygen atoms in total. The molecule has 1 radical (unpaired) electrons. The zero-order valence-electron chi connectivity index (χ0n) is 4.29. The Morgan fingerprint density at radius 3 is 2.88 bits per heavy atom. The fourth-order valence-corrected chi connectivity index (χ4v) is 0.413. The molecule has 0 aliphatic heterocycles. The van der Waals surface area contributed by atoms with Gasteiger partial charge in [-0.25, -0.2) is 0 Å². The number of aromatic hydroxyl groups is 1. The van der Waals surface area contributed by atoms with E-state index in [0.717, 1.165) is 0 Å². The van der Waals surface area contributed by atoms with Crippen molar-refractivity contribution in [1.29, 1.82) is 0 Å². The van der Waals surface area contributed by atoms with E-state index in [2.05, 4.69) is 16.3 Å². The van der Waals surface area contributed by atoms with E-state index in [1.807, 2.05) is 0 Å². The second-order valence-corrected chi connectivity index (χ2v) is 1.36. The summed E-state index contributed by atoms with van der Waals surface area (Å²) in [7, 11) is 0. The van der Waals surface area contributed by atoms with Crippen molar-refractivity contribution < 1.29 is 9.52 Å². The van der Waals surface area contributed by atoms with E-state index >= 15 is 0 Å². The molecule has 3 heteroatoms. The van der Waals surface area contributed by atoms with Gasteiger partial charge in [0, 0.05) is 6.42 Å². The van der Waals surface area contributed by atoms with E-state index < -0.39 is 0 Å². The van der Waals surface area contributed by atoms with Crippen molar-refractivity contribution in [3.8, 4) is 6.08 Å². The lowest BCUT2D eigenvalue weighted by Crippen LogP contribution is -1.68. The van der Waals surface area contributed by atoms with Gasteiger partial charge in [0.1, 0.15) is 5.76 Å². The van der Waals surface area contributed by atoms with Crippen molar-refractivity contribution in [3.63, 3.8) is 0 Å². The smallest absolute Gasteiger partial charge is 0.391 e. The molecule has 1 N–H and O–H groups in total. The van der Waals surface area contributed by atoms with Crippen LogP contribution in [0.1, 0.15) is 5.76 Å². The highest BCUT2D eigenvalue weighted by molar-refractivity contribution is 4.96. The molecule has 0 aromatic carbocycles. The first-order valence-electron chi connectivity index (χ1n) is 2.26. The van der Waals surface area contributed by atoms with Gasteiger partial charge in [-0.15, -0.1) is 0 Å². The van der Waals surface area contributed by atoms with E-state index in [-0.39, 0.29) is 6.08 Å². The van der Waals surface area contributed by atoms with E-state index in [0.29, 0.717) is 12.2 Å². The third kappa shape index (κ3) is 0.804. The lowest BCUT2D eigenvalue weighted by Gasteiger charge is -1.79. The summed E-state index contributed by atoms with van der Waals surface area (Å²) in [4.78, 5) is 3.44. The van der Waals surface area contributed by atoms with Crippen molar-refractivity contribution in [1.82, 2.24) is 4.98 Å². The Labute approximate surface area is 47.0 Å². The van der Waals surface area contributed by atoms with Gasteiger partial charge in [0.25, 0.3) is 0 Å². The minimum Gasteiger partial charge on any atom is -0.466 e. The lowest BCUT2D eigenvalue weighted by atomic mass is 10.4. The van der Waals surface area contributed by atoms with Crippen molar-refractivity contribution in [2.75, 3.05) is 0 Å². The average molecular weight is 112 g/mol. The first-order chi connectivity index (χ1) is 3.83. The van der Waals surface area contributed by atoms with Crippen molar-refractivity contribution in [2.45, 2.75) is 6.42 Å². The quantitative estimate of drug-likeness (QED) is 0.583. The fourth-order valence-electron chi connectivity index (χ4n) is 0.413. The van der Waals surface area contributed by atoms with Crippen LogP contribution in [0.15, 0.2) is 10.6 Å². The Kier molecular flexibility index (Phi) is 1.20. The molecule has 1 rings (SSSR count). The summed E-state index contributed by atoms with van der Waals surface area (Å²) in [5.74, 6) is 0.600. The van der Waals surface area contributed by atoms with Gasteiger partial charge in [-0.05, 0) is 6.92 Å². The molecule has 0 unspecified atom stereocenters. The normalized spacial score (nSPS) is 9.62. The van der Waals surface area contributed by atoms with Gasteiger partial charge in [-0.1, -0.05) is 0 Å². The van der Waals surface area contributed by atoms with Gasteiger partial charge in [-0.2, -0.15) is 4.98 Å². The summed E-state index contributed by atoms with van der Waals surface area (Å²) >= 11 is 0. The summed E-state index contributed by atoms with van der Waals surface area (Å²) in [6.45, 7) is 3.52. The molecule has 1 heterocycles.